The van der Waals surface area contributed by atoms with Crippen LogP contribution in [0.5, 0.6) is 0 Å². The molecule has 0 N–H and O–H groups in total. The van der Waals surface area contributed by atoms with Crippen LogP contribution >= 0.6 is 0 Å². The fraction of sp³-hybridized carbons (Fsp3) is 0.429. The Balaban J connectivity index is 0.000000686. The van der Waals surface area contributed by atoms with Crippen LogP contribution in [0, 0.1) is 0 Å². The minimum absolute atomic E-state index is 0.0716. The number of hydrogen-bond donors (Lipinski definition) is 0. The minimum atomic E-state index is -0.0716. The Hall–Kier alpha value is -1.64. The average Bonchev–Trinajstić information content (AvgIpc) is 2.78. The van der Waals surface area contributed by atoms with E-state index in [1.165, 1.54) is 0 Å². The molecule has 0 saturated carbocycles. The van der Waals surface area contributed by atoms with E-state index in [0.29, 0.717) is 6.42 Å². The monoisotopic (exact) mass is 233 g/mol. The van der Waals surface area contributed by atoms with Crippen LogP contribution in [0.15, 0.2) is 35.5 Å². The van der Waals surface area contributed by atoms with Gasteiger partial charge >= 0.3 is 0 Å². The van der Waals surface area contributed by atoms with Crippen LogP contribution in [-0.2, 0) is 4.84 Å². The van der Waals surface area contributed by atoms with Crippen molar-refractivity contribution in [3.63, 3.8) is 0 Å². The average molecular weight is 233 g/mol. The van der Waals surface area contributed by atoms with Gasteiger partial charge in [0.05, 0.1) is 12.1 Å². The molecule has 3 nitrogen and oxygen atoms in total. The quantitative estimate of drug-likeness (QED) is 0.750. The van der Waals surface area contributed by atoms with Crippen molar-refractivity contribution in [1.82, 2.24) is 0 Å². The van der Waals surface area contributed by atoms with E-state index in [1.54, 1.807) is 0 Å². The third-order valence-corrected chi connectivity index (χ3v) is 2.39. The van der Waals surface area contributed by atoms with Crippen LogP contribution in [0.3, 0.4) is 0 Å². The zero-order valence-corrected chi connectivity index (χ0v) is 10.6. The summed E-state index contributed by atoms with van der Waals surface area (Å²) in [6.07, 6.45) is 1.10. The number of oxime groups is 1. The van der Waals surface area contributed by atoms with E-state index in [9.17, 15) is 4.79 Å². The summed E-state index contributed by atoms with van der Waals surface area (Å²) in [5.41, 5.74) is 1.70. The Morgan fingerprint density at radius 2 is 2.00 bits per heavy atom. The molecule has 0 spiro atoms. The van der Waals surface area contributed by atoms with Crippen LogP contribution < -0.4 is 0 Å². The highest BCUT2D eigenvalue weighted by Crippen LogP contribution is 2.16. The summed E-state index contributed by atoms with van der Waals surface area (Å²) in [5, 5.41) is 3.83. The Morgan fingerprint density at radius 1 is 1.35 bits per heavy atom. The van der Waals surface area contributed by atoms with Crippen molar-refractivity contribution < 1.29 is 9.63 Å². The van der Waals surface area contributed by atoms with Crippen molar-refractivity contribution in [3.8, 4) is 0 Å². The van der Waals surface area contributed by atoms with Crippen LogP contribution in [0.25, 0.3) is 0 Å². The van der Waals surface area contributed by atoms with Crippen LogP contribution in [0.2, 0.25) is 0 Å². The van der Waals surface area contributed by atoms with Crippen LogP contribution in [0.1, 0.15) is 44.0 Å². The first kappa shape index (κ1) is 13.4. The highest BCUT2D eigenvalue weighted by molar-refractivity contribution is 5.96. The molecule has 1 aliphatic rings. The topological polar surface area (TPSA) is 38.7 Å². The highest BCUT2D eigenvalue weighted by Gasteiger charge is 2.21. The van der Waals surface area contributed by atoms with Gasteiger partial charge in [-0.25, -0.2) is 0 Å². The van der Waals surface area contributed by atoms with Gasteiger partial charge in [0, 0.05) is 12.0 Å². The summed E-state index contributed by atoms with van der Waals surface area (Å²) in [6.45, 7) is 5.91. The Labute approximate surface area is 102 Å². The second-order valence-electron chi connectivity index (χ2n) is 3.75. The van der Waals surface area contributed by atoms with Crippen molar-refractivity contribution in [2.24, 2.45) is 5.16 Å². The van der Waals surface area contributed by atoms with E-state index in [2.05, 4.69) is 5.16 Å². The number of benzene rings is 1. The molecule has 0 unspecified atom stereocenters. The van der Waals surface area contributed by atoms with Crippen LogP contribution in [-0.4, -0.2) is 17.6 Å². The predicted molar refractivity (Wildman–Crippen MR) is 69.3 cm³/mol. The van der Waals surface area contributed by atoms with Gasteiger partial charge in [-0.15, -0.1) is 0 Å². The van der Waals surface area contributed by atoms with Gasteiger partial charge in [0.2, 0.25) is 0 Å². The molecule has 2 rings (SSSR count). The Kier molecular flexibility index (Phi) is 5.40. The van der Waals surface area contributed by atoms with Gasteiger partial charge in [0.1, 0.15) is 6.10 Å². The summed E-state index contributed by atoms with van der Waals surface area (Å²) in [6, 6.07) is 9.28. The maximum atomic E-state index is 11.8. The lowest BCUT2D eigenvalue weighted by Gasteiger charge is -2.06. The number of nitrogens with zero attached hydrogens (tertiary/aromatic N) is 1. The van der Waals surface area contributed by atoms with E-state index in [0.717, 1.165) is 17.7 Å². The van der Waals surface area contributed by atoms with E-state index in [-0.39, 0.29) is 11.9 Å². The van der Waals surface area contributed by atoms with Gasteiger partial charge < -0.3 is 4.84 Å². The van der Waals surface area contributed by atoms with E-state index in [4.69, 9.17) is 4.84 Å². The normalized spacial score (nSPS) is 17.6. The molecule has 0 saturated heterocycles. The molecule has 0 fully saturated rings. The molecule has 1 aromatic rings. The molecule has 0 bridgehead atoms. The largest absolute Gasteiger partial charge is 0.392 e. The molecule has 1 aliphatic heterocycles. The zero-order valence-electron chi connectivity index (χ0n) is 10.6. The lowest BCUT2D eigenvalue weighted by molar-refractivity contribution is 0.0659. The third-order valence-electron chi connectivity index (χ3n) is 2.39. The first-order valence-electron chi connectivity index (χ1n) is 6.03. The maximum absolute atomic E-state index is 11.8. The fourth-order valence-electron chi connectivity index (χ4n) is 1.63. The molecule has 0 radical (unpaired) electrons. The van der Waals surface area contributed by atoms with E-state index in [1.807, 2.05) is 51.1 Å². The summed E-state index contributed by atoms with van der Waals surface area (Å²) in [7, 11) is 0. The molecule has 0 amide bonds. The lowest BCUT2D eigenvalue weighted by atomic mass is 10.0. The first-order valence-corrected chi connectivity index (χ1v) is 6.03. The number of carbonyl (C=O) groups is 1. The molecule has 0 aliphatic carbocycles. The van der Waals surface area contributed by atoms with Crippen molar-refractivity contribution >= 4 is 11.5 Å². The SMILES string of the molecule is CC.CC1=NO[C@H](CC(=O)c2ccccc2)C1. The van der Waals surface area contributed by atoms with Crippen LogP contribution in [0.4, 0.5) is 0 Å². The minimum Gasteiger partial charge on any atom is -0.392 e. The third kappa shape index (κ3) is 4.02. The van der Waals surface area contributed by atoms with Gasteiger partial charge in [0.15, 0.2) is 5.78 Å². The maximum Gasteiger partial charge on any atom is 0.166 e. The molecule has 1 atom stereocenters. The van der Waals surface area contributed by atoms with Gasteiger partial charge in [0.25, 0.3) is 0 Å². The highest BCUT2D eigenvalue weighted by atomic mass is 16.6. The van der Waals surface area contributed by atoms with Gasteiger partial charge in [-0.05, 0) is 6.92 Å². The molecule has 1 heterocycles. The number of Topliss-reactive ketones (excluding diaryl/α,β-unsaturated/α-hetero) is 1. The number of hydrogen-bond acceptors (Lipinski definition) is 3. The van der Waals surface area contributed by atoms with Gasteiger partial charge in [-0.2, -0.15) is 0 Å². The van der Waals surface area contributed by atoms with Gasteiger partial charge in [-0.1, -0.05) is 49.3 Å². The summed E-state index contributed by atoms with van der Waals surface area (Å²) >= 11 is 0. The summed E-state index contributed by atoms with van der Waals surface area (Å²) < 4.78 is 0. The van der Waals surface area contributed by atoms with Crippen molar-refractivity contribution in [2.75, 3.05) is 0 Å². The summed E-state index contributed by atoms with van der Waals surface area (Å²) in [4.78, 5) is 16.9. The molecular formula is C14H19NO2. The summed E-state index contributed by atoms with van der Waals surface area (Å²) in [5.74, 6) is 0.116. The molecule has 3 heteroatoms. The molecule has 1 aromatic carbocycles. The number of carbonyl (C=O) groups excluding carboxylic acids is 1. The molecule has 17 heavy (non-hydrogen) atoms. The number of rotatable bonds is 3. The second kappa shape index (κ2) is 6.84. The van der Waals surface area contributed by atoms with Crippen molar-refractivity contribution in [3.05, 3.63) is 35.9 Å². The Bertz CT molecular complexity index is 384. The smallest absolute Gasteiger partial charge is 0.166 e. The fourth-order valence-corrected chi connectivity index (χ4v) is 1.63. The van der Waals surface area contributed by atoms with Gasteiger partial charge in [-0.3, -0.25) is 4.79 Å². The van der Waals surface area contributed by atoms with Crippen molar-refractivity contribution in [1.29, 1.82) is 0 Å². The molecular weight excluding hydrogens is 214 g/mol. The standard InChI is InChI=1S/C12H13NO2.C2H6/c1-9-7-11(15-13-9)8-12(14)10-5-3-2-4-6-10;1-2/h2-6,11H,7-8H2,1H3;1-2H3/t11-;/m0./s1. The van der Waals surface area contributed by atoms with E-state index >= 15 is 0 Å². The molecule has 0 aromatic heterocycles. The first-order chi connectivity index (χ1) is 8.25. The second-order valence-corrected chi connectivity index (χ2v) is 3.75. The Morgan fingerprint density at radius 3 is 2.53 bits per heavy atom. The lowest BCUT2D eigenvalue weighted by Crippen LogP contribution is -2.13. The predicted octanol–water partition coefficient (Wildman–Crippen LogP) is 3.45. The van der Waals surface area contributed by atoms with Crippen molar-refractivity contribution in [2.45, 2.75) is 39.7 Å². The zero-order chi connectivity index (χ0) is 12.7. The van der Waals surface area contributed by atoms with E-state index < -0.39 is 0 Å². The molecule has 92 valence electrons. The number of ketones is 1.